The maximum absolute atomic E-state index is 12.2. The molecule has 0 atom stereocenters. The summed E-state index contributed by atoms with van der Waals surface area (Å²) in [6.45, 7) is 1.84. The molecule has 21 heavy (non-hydrogen) atoms. The Bertz CT molecular complexity index is 907. The summed E-state index contributed by atoms with van der Waals surface area (Å²) in [6, 6.07) is 11.2. The van der Waals surface area contributed by atoms with Crippen molar-refractivity contribution in [3.8, 4) is 17.2 Å². The predicted molar refractivity (Wildman–Crippen MR) is 82.0 cm³/mol. The number of para-hydroxylation sites is 1. The van der Waals surface area contributed by atoms with Gasteiger partial charge in [-0.15, -0.1) is 0 Å². The van der Waals surface area contributed by atoms with Gasteiger partial charge in [0.1, 0.15) is 0 Å². The topological polar surface area (TPSA) is 68.5 Å². The van der Waals surface area contributed by atoms with Gasteiger partial charge in [-0.25, -0.2) is 4.68 Å². The van der Waals surface area contributed by atoms with E-state index in [9.17, 15) is 4.79 Å². The van der Waals surface area contributed by atoms with E-state index in [0.29, 0.717) is 10.6 Å². The summed E-state index contributed by atoms with van der Waals surface area (Å²) in [7, 11) is 1.75. The van der Waals surface area contributed by atoms with Crippen LogP contribution in [0.4, 0.5) is 0 Å². The molecule has 0 fully saturated rings. The number of aryl methyl sites for hydroxylation is 1. The molecular formula is C14H13N5OS. The van der Waals surface area contributed by atoms with Crippen molar-refractivity contribution in [2.24, 2.45) is 7.05 Å². The molecule has 0 aliphatic carbocycles. The molecule has 0 aliphatic heterocycles. The third kappa shape index (κ3) is 2.31. The molecule has 7 heteroatoms. The molecule has 2 heterocycles. The van der Waals surface area contributed by atoms with Crippen LogP contribution in [0.5, 0.6) is 0 Å². The molecule has 0 amide bonds. The van der Waals surface area contributed by atoms with Crippen molar-refractivity contribution in [2.45, 2.75) is 6.92 Å². The fourth-order valence-electron chi connectivity index (χ4n) is 2.09. The molecule has 1 N–H and O–H groups in total. The molecule has 0 bridgehead atoms. The molecule has 106 valence electrons. The van der Waals surface area contributed by atoms with Crippen molar-refractivity contribution in [1.82, 2.24) is 24.5 Å². The summed E-state index contributed by atoms with van der Waals surface area (Å²) < 4.78 is 3.79. The highest BCUT2D eigenvalue weighted by molar-refractivity contribution is 7.71. The number of rotatable bonds is 2. The monoisotopic (exact) mass is 299 g/mol. The average molecular weight is 299 g/mol. The second-order valence-electron chi connectivity index (χ2n) is 4.66. The second-order valence-corrected chi connectivity index (χ2v) is 5.04. The van der Waals surface area contributed by atoms with Crippen LogP contribution in [0.2, 0.25) is 0 Å². The minimum Gasteiger partial charge on any atom is -0.302 e. The summed E-state index contributed by atoms with van der Waals surface area (Å²) in [4.78, 5) is 12.2. The molecular weight excluding hydrogens is 286 g/mol. The fourth-order valence-corrected chi connectivity index (χ4v) is 2.22. The van der Waals surface area contributed by atoms with Crippen LogP contribution in [0.15, 0.2) is 41.2 Å². The molecule has 3 aromatic rings. The Kier molecular flexibility index (Phi) is 3.26. The van der Waals surface area contributed by atoms with Crippen molar-refractivity contribution in [3.05, 3.63) is 57.1 Å². The maximum atomic E-state index is 12.2. The molecule has 2 aromatic heterocycles. The van der Waals surface area contributed by atoms with Gasteiger partial charge in [0, 0.05) is 18.8 Å². The van der Waals surface area contributed by atoms with E-state index < -0.39 is 0 Å². The quantitative estimate of drug-likeness (QED) is 0.735. The SMILES string of the molecule is Cc1cc(=O)c(-c2n[nH]c(=S)n2C)nn1-c1ccccc1. The number of nitrogens with one attached hydrogen (secondary N) is 1. The lowest BCUT2D eigenvalue weighted by molar-refractivity contribution is 0.791. The van der Waals surface area contributed by atoms with Crippen LogP contribution in [0.3, 0.4) is 0 Å². The Morgan fingerprint density at radius 3 is 2.57 bits per heavy atom. The molecule has 0 radical (unpaired) electrons. The number of aromatic nitrogens is 5. The van der Waals surface area contributed by atoms with E-state index in [0.717, 1.165) is 11.4 Å². The molecule has 0 saturated heterocycles. The lowest BCUT2D eigenvalue weighted by Crippen LogP contribution is -2.17. The number of hydrogen-bond donors (Lipinski definition) is 1. The third-order valence-corrected chi connectivity index (χ3v) is 3.56. The van der Waals surface area contributed by atoms with Crippen LogP contribution < -0.4 is 5.43 Å². The Labute approximate surface area is 125 Å². The van der Waals surface area contributed by atoms with Crippen LogP contribution in [0.1, 0.15) is 5.69 Å². The van der Waals surface area contributed by atoms with Gasteiger partial charge in [-0.3, -0.25) is 9.89 Å². The zero-order valence-electron chi connectivity index (χ0n) is 11.6. The molecule has 0 spiro atoms. The maximum Gasteiger partial charge on any atom is 0.211 e. The predicted octanol–water partition coefficient (Wildman–Crippen LogP) is 2.00. The van der Waals surface area contributed by atoms with Gasteiger partial charge in [-0.1, -0.05) is 18.2 Å². The Morgan fingerprint density at radius 2 is 1.95 bits per heavy atom. The van der Waals surface area contributed by atoms with E-state index in [1.54, 1.807) is 22.4 Å². The smallest absolute Gasteiger partial charge is 0.211 e. The third-order valence-electron chi connectivity index (χ3n) is 3.20. The van der Waals surface area contributed by atoms with E-state index in [4.69, 9.17) is 12.2 Å². The highest BCUT2D eigenvalue weighted by atomic mass is 32.1. The summed E-state index contributed by atoms with van der Waals surface area (Å²) in [5.74, 6) is 0.426. The Hall–Kier alpha value is -2.54. The molecule has 0 aliphatic rings. The van der Waals surface area contributed by atoms with Gasteiger partial charge < -0.3 is 4.57 Å². The number of H-pyrrole nitrogens is 1. The van der Waals surface area contributed by atoms with Crippen molar-refractivity contribution in [1.29, 1.82) is 0 Å². The minimum atomic E-state index is -0.184. The van der Waals surface area contributed by atoms with Gasteiger partial charge in [0.15, 0.2) is 16.3 Å². The molecule has 6 nitrogen and oxygen atoms in total. The first-order valence-corrected chi connectivity index (χ1v) is 6.77. The lowest BCUT2D eigenvalue weighted by atomic mass is 10.2. The van der Waals surface area contributed by atoms with Crippen LogP contribution in [0.25, 0.3) is 17.2 Å². The number of hydrogen-bond acceptors (Lipinski definition) is 4. The standard InChI is InChI=1S/C14H13N5OS/c1-9-8-11(20)12(13-15-16-14(21)18(13)2)17-19(9)10-6-4-3-5-7-10/h3-8H,1-2H3,(H,16,21). The van der Waals surface area contributed by atoms with Gasteiger partial charge in [0.2, 0.25) is 5.43 Å². The Balaban J connectivity index is 2.26. The van der Waals surface area contributed by atoms with Crippen LogP contribution in [0, 0.1) is 11.7 Å². The lowest BCUT2D eigenvalue weighted by Gasteiger charge is -2.10. The number of nitrogens with zero attached hydrogens (tertiary/aromatic N) is 4. The van der Waals surface area contributed by atoms with Crippen molar-refractivity contribution in [3.63, 3.8) is 0 Å². The van der Waals surface area contributed by atoms with Gasteiger partial charge in [0.25, 0.3) is 0 Å². The zero-order chi connectivity index (χ0) is 15.0. The normalized spacial score (nSPS) is 10.8. The van der Waals surface area contributed by atoms with Crippen LogP contribution >= 0.6 is 12.2 Å². The van der Waals surface area contributed by atoms with Crippen LogP contribution in [-0.2, 0) is 7.05 Å². The molecule has 0 unspecified atom stereocenters. The average Bonchev–Trinajstić information content (AvgIpc) is 2.80. The number of benzene rings is 1. The fraction of sp³-hybridized carbons (Fsp3) is 0.143. The zero-order valence-corrected chi connectivity index (χ0v) is 12.4. The van der Waals surface area contributed by atoms with Gasteiger partial charge in [0.05, 0.1) is 5.69 Å². The first-order valence-electron chi connectivity index (χ1n) is 6.36. The first-order chi connectivity index (χ1) is 10.1. The van der Waals surface area contributed by atoms with E-state index in [1.807, 2.05) is 37.3 Å². The number of aromatic amines is 1. The van der Waals surface area contributed by atoms with Crippen molar-refractivity contribution >= 4 is 12.2 Å². The summed E-state index contributed by atoms with van der Waals surface area (Å²) in [6.07, 6.45) is 0. The van der Waals surface area contributed by atoms with E-state index in [-0.39, 0.29) is 11.1 Å². The largest absolute Gasteiger partial charge is 0.302 e. The van der Waals surface area contributed by atoms with E-state index >= 15 is 0 Å². The van der Waals surface area contributed by atoms with Crippen LogP contribution in [-0.4, -0.2) is 24.5 Å². The van der Waals surface area contributed by atoms with Crippen molar-refractivity contribution in [2.75, 3.05) is 0 Å². The molecule has 0 saturated carbocycles. The first kappa shape index (κ1) is 13.4. The Morgan fingerprint density at radius 1 is 1.24 bits per heavy atom. The summed E-state index contributed by atoms with van der Waals surface area (Å²) in [5.41, 5.74) is 1.72. The van der Waals surface area contributed by atoms with Gasteiger partial charge in [-0.2, -0.15) is 10.2 Å². The highest BCUT2D eigenvalue weighted by Crippen LogP contribution is 2.13. The molecule has 1 aromatic carbocycles. The summed E-state index contributed by atoms with van der Waals surface area (Å²) >= 11 is 5.08. The van der Waals surface area contributed by atoms with Gasteiger partial charge in [-0.05, 0) is 31.3 Å². The molecule has 3 rings (SSSR count). The van der Waals surface area contributed by atoms with E-state index in [2.05, 4.69) is 15.3 Å². The van der Waals surface area contributed by atoms with Gasteiger partial charge >= 0.3 is 0 Å². The second kappa shape index (κ2) is 5.10. The summed E-state index contributed by atoms with van der Waals surface area (Å²) in [5, 5.41) is 11.2. The highest BCUT2D eigenvalue weighted by Gasteiger charge is 2.14. The van der Waals surface area contributed by atoms with Crippen molar-refractivity contribution < 1.29 is 0 Å². The minimum absolute atomic E-state index is 0.184. The van der Waals surface area contributed by atoms with E-state index in [1.165, 1.54) is 0 Å².